The summed E-state index contributed by atoms with van der Waals surface area (Å²) in [6.07, 6.45) is 1.65. The van der Waals surface area contributed by atoms with Gasteiger partial charge in [-0.05, 0) is 36.4 Å². The second kappa shape index (κ2) is 7.14. The number of ether oxygens (including phenoxy) is 1. The number of hydrogen-bond donors (Lipinski definition) is 2. The minimum Gasteiger partial charge on any atom is -0.482 e. The number of rotatable bonds is 5. The molecule has 0 aliphatic rings. The quantitative estimate of drug-likeness (QED) is 0.737. The van der Waals surface area contributed by atoms with Crippen LogP contribution < -0.4 is 10.1 Å². The third kappa shape index (κ3) is 3.91. The van der Waals surface area contributed by atoms with E-state index in [0.29, 0.717) is 5.69 Å². The van der Waals surface area contributed by atoms with Crippen molar-refractivity contribution in [2.24, 2.45) is 0 Å². The van der Waals surface area contributed by atoms with Crippen molar-refractivity contribution >= 4 is 23.2 Å². The number of H-pyrrole nitrogens is 1. The zero-order valence-corrected chi connectivity index (χ0v) is 13.2. The number of hydrogen-bond acceptors (Lipinski definition) is 3. The normalized spacial score (nSPS) is 10.4. The molecule has 1 aromatic heterocycles. The highest BCUT2D eigenvalue weighted by molar-refractivity contribution is 6.32. The molecule has 0 bridgehead atoms. The summed E-state index contributed by atoms with van der Waals surface area (Å²) in [7, 11) is 0. The van der Waals surface area contributed by atoms with Gasteiger partial charge in [-0.3, -0.25) is 9.89 Å². The maximum absolute atomic E-state index is 13.0. The SMILES string of the molecule is O=C(COc1ccc(F)cc1Cl)Nc1cccc(-c2ccn[nH]2)c1. The van der Waals surface area contributed by atoms with Crippen LogP contribution in [0.25, 0.3) is 11.3 Å². The zero-order chi connectivity index (χ0) is 16.9. The van der Waals surface area contributed by atoms with Crippen LogP contribution in [0.1, 0.15) is 0 Å². The lowest BCUT2D eigenvalue weighted by atomic mass is 10.1. The molecule has 0 fully saturated rings. The third-order valence-electron chi connectivity index (χ3n) is 3.21. The topological polar surface area (TPSA) is 67.0 Å². The summed E-state index contributed by atoms with van der Waals surface area (Å²) in [5, 5.41) is 9.60. The van der Waals surface area contributed by atoms with Gasteiger partial charge in [0.15, 0.2) is 6.61 Å². The molecule has 1 amide bonds. The Hall–Kier alpha value is -2.86. The number of carbonyl (C=O) groups is 1. The van der Waals surface area contributed by atoms with Crippen molar-refractivity contribution in [3.63, 3.8) is 0 Å². The highest BCUT2D eigenvalue weighted by Crippen LogP contribution is 2.25. The molecule has 122 valence electrons. The smallest absolute Gasteiger partial charge is 0.262 e. The number of halogens is 2. The van der Waals surface area contributed by atoms with E-state index in [1.807, 2.05) is 24.3 Å². The van der Waals surface area contributed by atoms with Crippen LogP contribution in [0.15, 0.2) is 54.7 Å². The van der Waals surface area contributed by atoms with Gasteiger partial charge in [0.05, 0.1) is 10.7 Å². The Kier molecular flexibility index (Phi) is 4.77. The Labute approximate surface area is 142 Å². The highest BCUT2D eigenvalue weighted by atomic mass is 35.5. The standard InChI is InChI=1S/C17H13ClFN3O2/c18-14-9-12(19)4-5-16(14)24-10-17(23)21-13-3-1-2-11(8-13)15-6-7-20-22-15/h1-9H,10H2,(H,20,22)(H,21,23). The summed E-state index contributed by atoms with van der Waals surface area (Å²) in [6, 6.07) is 12.9. The molecule has 3 aromatic rings. The lowest BCUT2D eigenvalue weighted by molar-refractivity contribution is -0.118. The molecule has 3 rings (SSSR count). The van der Waals surface area contributed by atoms with Crippen LogP contribution in [0.4, 0.5) is 10.1 Å². The number of aromatic nitrogens is 2. The largest absolute Gasteiger partial charge is 0.482 e. The summed E-state index contributed by atoms with van der Waals surface area (Å²) < 4.78 is 18.3. The molecule has 1 heterocycles. The first-order chi connectivity index (χ1) is 11.6. The van der Waals surface area contributed by atoms with Crippen LogP contribution in [0.5, 0.6) is 5.75 Å². The molecule has 0 aliphatic heterocycles. The van der Waals surface area contributed by atoms with E-state index in [4.69, 9.17) is 16.3 Å². The van der Waals surface area contributed by atoms with E-state index >= 15 is 0 Å². The molecule has 0 saturated carbocycles. The Morgan fingerprint density at radius 3 is 2.88 bits per heavy atom. The number of benzene rings is 2. The Morgan fingerprint density at radius 1 is 1.25 bits per heavy atom. The molecule has 0 aliphatic carbocycles. The van der Waals surface area contributed by atoms with Crippen molar-refractivity contribution in [3.05, 3.63) is 65.6 Å². The minimum atomic E-state index is -0.465. The average molecular weight is 346 g/mol. The second-order valence-corrected chi connectivity index (χ2v) is 5.37. The van der Waals surface area contributed by atoms with Crippen molar-refractivity contribution in [1.29, 1.82) is 0 Å². The van der Waals surface area contributed by atoms with Crippen LogP contribution >= 0.6 is 11.6 Å². The van der Waals surface area contributed by atoms with Crippen LogP contribution in [0, 0.1) is 5.82 Å². The number of amides is 1. The molecule has 0 saturated heterocycles. The van der Waals surface area contributed by atoms with Crippen LogP contribution in [-0.2, 0) is 4.79 Å². The van der Waals surface area contributed by atoms with Crippen LogP contribution in [-0.4, -0.2) is 22.7 Å². The summed E-state index contributed by atoms with van der Waals surface area (Å²) >= 11 is 5.84. The van der Waals surface area contributed by atoms with Crippen molar-refractivity contribution in [2.75, 3.05) is 11.9 Å². The average Bonchev–Trinajstić information content (AvgIpc) is 3.09. The fourth-order valence-electron chi connectivity index (χ4n) is 2.11. The van der Waals surface area contributed by atoms with Gasteiger partial charge in [0, 0.05) is 17.4 Å². The van der Waals surface area contributed by atoms with Gasteiger partial charge < -0.3 is 10.1 Å². The second-order valence-electron chi connectivity index (χ2n) is 4.96. The predicted molar refractivity (Wildman–Crippen MR) is 89.6 cm³/mol. The van der Waals surface area contributed by atoms with E-state index in [0.717, 1.165) is 17.3 Å². The maximum Gasteiger partial charge on any atom is 0.262 e. The molecule has 2 N–H and O–H groups in total. The van der Waals surface area contributed by atoms with Crippen molar-refractivity contribution in [1.82, 2.24) is 10.2 Å². The van der Waals surface area contributed by atoms with Gasteiger partial charge in [-0.2, -0.15) is 5.10 Å². The Bertz CT molecular complexity index is 853. The summed E-state index contributed by atoms with van der Waals surface area (Å²) in [5.41, 5.74) is 2.37. The van der Waals surface area contributed by atoms with Gasteiger partial charge in [-0.1, -0.05) is 23.7 Å². The van der Waals surface area contributed by atoms with E-state index in [1.54, 1.807) is 12.3 Å². The zero-order valence-electron chi connectivity index (χ0n) is 12.4. The predicted octanol–water partition coefficient (Wildman–Crippen LogP) is 3.89. The molecule has 0 unspecified atom stereocenters. The van der Waals surface area contributed by atoms with Crippen LogP contribution in [0.3, 0.4) is 0 Å². The number of nitrogens with one attached hydrogen (secondary N) is 2. The van der Waals surface area contributed by atoms with Gasteiger partial charge >= 0.3 is 0 Å². The molecule has 2 aromatic carbocycles. The molecule has 24 heavy (non-hydrogen) atoms. The molecule has 0 radical (unpaired) electrons. The first-order valence-electron chi connectivity index (χ1n) is 7.09. The first-order valence-corrected chi connectivity index (χ1v) is 7.47. The van der Waals surface area contributed by atoms with Gasteiger partial charge in [0.25, 0.3) is 5.91 Å². The van der Waals surface area contributed by atoms with Gasteiger partial charge in [0.2, 0.25) is 0 Å². The van der Waals surface area contributed by atoms with E-state index in [2.05, 4.69) is 15.5 Å². The summed E-state index contributed by atoms with van der Waals surface area (Å²) in [4.78, 5) is 12.0. The van der Waals surface area contributed by atoms with E-state index in [-0.39, 0.29) is 23.3 Å². The van der Waals surface area contributed by atoms with E-state index < -0.39 is 5.82 Å². The van der Waals surface area contributed by atoms with Crippen molar-refractivity contribution in [2.45, 2.75) is 0 Å². The molecule has 7 heteroatoms. The lowest BCUT2D eigenvalue weighted by Crippen LogP contribution is -2.20. The van der Waals surface area contributed by atoms with E-state index in [9.17, 15) is 9.18 Å². The van der Waals surface area contributed by atoms with Crippen LogP contribution in [0.2, 0.25) is 5.02 Å². The molecular weight excluding hydrogens is 333 g/mol. The minimum absolute atomic E-state index is 0.115. The molecule has 5 nitrogen and oxygen atoms in total. The fourth-order valence-corrected chi connectivity index (χ4v) is 2.34. The van der Waals surface area contributed by atoms with Gasteiger partial charge in [-0.15, -0.1) is 0 Å². The fraction of sp³-hybridized carbons (Fsp3) is 0.0588. The number of aromatic amines is 1. The van der Waals surface area contributed by atoms with Crippen molar-refractivity contribution in [3.8, 4) is 17.0 Å². The van der Waals surface area contributed by atoms with Gasteiger partial charge in [0.1, 0.15) is 11.6 Å². The number of anilines is 1. The first kappa shape index (κ1) is 16.0. The van der Waals surface area contributed by atoms with Crippen molar-refractivity contribution < 1.29 is 13.9 Å². The summed E-state index contributed by atoms with van der Waals surface area (Å²) in [5.74, 6) is -0.566. The Balaban J connectivity index is 1.62. The van der Waals surface area contributed by atoms with Gasteiger partial charge in [-0.25, -0.2) is 4.39 Å². The summed E-state index contributed by atoms with van der Waals surface area (Å²) in [6.45, 7) is -0.236. The highest BCUT2D eigenvalue weighted by Gasteiger charge is 2.08. The Morgan fingerprint density at radius 2 is 2.12 bits per heavy atom. The maximum atomic E-state index is 13.0. The third-order valence-corrected chi connectivity index (χ3v) is 3.51. The monoisotopic (exact) mass is 345 g/mol. The molecule has 0 atom stereocenters. The lowest BCUT2D eigenvalue weighted by Gasteiger charge is -2.09. The molecular formula is C17H13ClFN3O2. The number of nitrogens with zero attached hydrogens (tertiary/aromatic N) is 1. The number of carbonyl (C=O) groups excluding carboxylic acids is 1. The molecule has 0 spiro atoms. The van der Waals surface area contributed by atoms with E-state index in [1.165, 1.54) is 12.1 Å².